The van der Waals surface area contributed by atoms with Gasteiger partial charge in [0.25, 0.3) is 11.5 Å². The Morgan fingerprint density at radius 3 is 2.44 bits per heavy atom. The summed E-state index contributed by atoms with van der Waals surface area (Å²) in [5.41, 5.74) is 0.536. The summed E-state index contributed by atoms with van der Waals surface area (Å²) in [5, 5.41) is 12.1. The van der Waals surface area contributed by atoms with Crippen LogP contribution in [0, 0.1) is 11.7 Å². The molecule has 0 bridgehead atoms. The Morgan fingerprint density at radius 2 is 1.75 bits per heavy atom. The Kier molecular flexibility index (Phi) is 9.74. The normalized spacial score (nSPS) is 20.2. The molecule has 0 unspecified atom stereocenters. The second-order valence-electron chi connectivity index (χ2n) is 14.7. The zero-order valence-corrected chi connectivity index (χ0v) is 30.4. The van der Waals surface area contributed by atoms with Crippen molar-refractivity contribution in [2.24, 2.45) is 5.92 Å². The molecule has 288 valence electrons. The number of fused-ring (bicyclic) bond motifs is 1. The number of rotatable bonds is 9. The van der Waals surface area contributed by atoms with Crippen molar-refractivity contribution >= 4 is 34.2 Å². The number of carbonyl (C=O) groups is 2. The molecule has 4 aromatic heterocycles. The molecule has 0 radical (unpaired) electrons. The third-order valence-corrected chi connectivity index (χ3v) is 12.0. The summed E-state index contributed by atoms with van der Waals surface area (Å²) in [6, 6.07) is 15.5. The molecular formula is C39H38F4N6O5S. The molecule has 1 saturated carbocycles. The van der Waals surface area contributed by atoms with Crippen LogP contribution in [0.4, 0.5) is 17.6 Å². The molecule has 1 N–H and O–H groups in total. The molecule has 0 spiro atoms. The molecule has 3 fully saturated rings. The Morgan fingerprint density at radius 1 is 0.982 bits per heavy atom. The van der Waals surface area contributed by atoms with Gasteiger partial charge in [-0.1, -0.05) is 30.3 Å². The van der Waals surface area contributed by atoms with Crippen molar-refractivity contribution < 1.29 is 37.0 Å². The summed E-state index contributed by atoms with van der Waals surface area (Å²) in [6.45, 7) is -0.432. The van der Waals surface area contributed by atoms with Gasteiger partial charge < -0.3 is 24.2 Å². The molecule has 2 atom stereocenters. The van der Waals surface area contributed by atoms with Crippen molar-refractivity contribution in [3.05, 3.63) is 99.9 Å². The highest BCUT2D eigenvalue weighted by Gasteiger charge is 2.42. The number of ether oxygens (including phenoxy) is 1. The molecule has 2 amide bonds. The molecule has 3 aliphatic rings. The van der Waals surface area contributed by atoms with Crippen LogP contribution in [0.1, 0.15) is 59.3 Å². The number of hydrogen-bond acceptors (Lipinski definition) is 8. The van der Waals surface area contributed by atoms with E-state index in [9.17, 15) is 32.7 Å². The highest BCUT2D eigenvalue weighted by Crippen LogP contribution is 2.39. The SMILES string of the molecule is O=C(c1sc(-c2ccc(OCC(F)(F)F)nc2)cc1F)N1CC[C@@H](C(=O)N2CCC(O)(Cn3cnc4c(ccn4C4CC4)c3=O)CC2)[C@H](c2ccccc2)C1. The zero-order chi connectivity index (χ0) is 38.5. The van der Waals surface area contributed by atoms with Crippen LogP contribution in [0.2, 0.25) is 0 Å². The fourth-order valence-electron chi connectivity index (χ4n) is 7.72. The Hall–Kier alpha value is -5.09. The molecule has 1 aromatic carbocycles. The maximum Gasteiger partial charge on any atom is 0.422 e. The van der Waals surface area contributed by atoms with Gasteiger partial charge in [-0.2, -0.15) is 13.2 Å². The topological polar surface area (TPSA) is 123 Å². The summed E-state index contributed by atoms with van der Waals surface area (Å²) in [6.07, 6.45) is 3.17. The van der Waals surface area contributed by atoms with E-state index < -0.39 is 36.0 Å². The van der Waals surface area contributed by atoms with Gasteiger partial charge in [0, 0.05) is 73.0 Å². The van der Waals surface area contributed by atoms with Gasteiger partial charge in [-0.3, -0.25) is 19.0 Å². The Balaban J connectivity index is 0.932. The Labute approximate surface area is 316 Å². The number of alkyl halides is 3. The molecule has 2 aliphatic heterocycles. The average molecular weight is 779 g/mol. The molecule has 11 nitrogen and oxygen atoms in total. The van der Waals surface area contributed by atoms with Gasteiger partial charge in [-0.25, -0.2) is 14.4 Å². The van der Waals surface area contributed by atoms with Crippen LogP contribution in [0.3, 0.4) is 0 Å². The number of likely N-dealkylation sites (tertiary alicyclic amines) is 2. The third-order valence-electron chi connectivity index (χ3n) is 10.8. The quantitative estimate of drug-likeness (QED) is 0.181. The van der Waals surface area contributed by atoms with Crippen LogP contribution in [0.15, 0.2) is 78.1 Å². The van der Waals surface area contributed by atoms with Crippen molar-refractivity contribution in [3.63, 3.8) is 0 Å². The summed E-state index contributed by atoms with van der Waals surface area (Å²) in [4.78, 5) is 53.3. The lowest BCUT2D eigenvalue weighted by Gasteiger charge is -2.43. The number of aliphatic hydroxyl groups is 1. The average Bonchev–Trinajstić information content (AvgIpc) is 3.81. The largest absolute Gasteiger partial charge is 0.468 e. The predicted octanol–water partition coefficient (Wildman–Crippen LogP) is 6.04. The van der Waals surface area contributed by atoms with Crippen LogP contribution >= 0.6 is 11.3 Å². The van der Waals surface area contributed by atoms with E-state index in [1.54, 1.807) is 15.9 Å². The summed E-state index contributed by atoms with van der Waals surface area (Å²) < 4.78 is 61.0. The minimum atomic E-state index is -4.52. The summed E-state index contributed by atoms with van der Waals surface area (Å²) in [5.74, 6) is -2.40. The lowest BCUT2D eigenvalue weighted by molar-refractivity contribution is -0.154. The molecule has 55 heavy (non-hydrogen) atoms. The first-order valence-electron chi connectivity index (χ1n) is 18.2. The van der Waals surface area contributed by atoms with E-state index in [-0.39, 0.29) is 60.6 Å². The third kappa shape index (κ3) is 7.74. The number of aromatic nitrogens is 4. The number of carbonyl (C=O) groups excluding carboxylic acids is 2. The molecule has 5 aromatic rings. The van der Waals surface area contributed by atoms with Crippen LogP contribution in [0.25, 0.3) is 21.5 Å². The van der Waals surface area contributed by atoms with Crippen LogP contribution in [-0.4, -0.2) is 90.4 Å². The number of benzene rings is 1. The first-order chi connectivity index (χ1) is 26.4. The monoisotopic (exact) mass is 778 g/mol. The fraction of sp³-hybridized carbons (Fsp3) is 0.410. The van der Waals surface area contributed by atoms with Crippen molar-refractivity contribution in [2.45, 2.75) is 62.4 Å². The van der Waals surface area contributed by atoms with Crippen molar-refractivity contribution in [1.82, 2.24) is 28.9 Å². The van der Waals surface area contributed by atoms with E-state index >= 15 is 4.39 Å². The second kappa shape index (κ2) is 14.5. The first kappa shape index (κ1) is 36.9. The molecule has 2 saturated heterocycles. The van der Waals surface area contributed by atoms with Gasteiger partial charge in [0.1, 0.15) is 22.7 Å². The van der Waals surface area contributed by atoms with E-state index in [0.717, 1.165) is 29.7 Å². The van der Waals surface area contributed by atoms with Crippen LogP contribution < -0.4 is 10.3 Å². The number of amides is 2. The molecule has 1 aliphatic carbocycles. The maximum atomic E-state index is 15.3. The Bertz CT molecular complexity index is 2260. The van der Waals surface area contributed by atoms with E-state index in [4.69, 9.17) is 0 Å². The number of pyridine rings is 1. The fourth-order valence-corrected chi connectivity index (χ4v) is 8.72. The van der Waals surface area contributed by atoms with Gasteiger partial charge in [-0.05, 0) is 55.9 Å². The minimum Gasteiger partial charge on any atom is -0.468 e. The first-order valence-corrected chi connectivity index (χ1v) is 19.0. The molecule has 6 heterocycles. The minimum absolute atomic E-state index is 0.0672. The highest BCUT2D eigenvalue weighted by molar-refractivity contribution is 7.17. The van der Waals surface area contributed by atoms with E-state index in [1.807, 2.05) is 41.1 Å². The van der Waals surface area contributed by atoms with E-state index in [2.05, 4.69) is 14.7 Å². The van der Waals surface area contributed by atoms with Gasteiger partial charge in [0.05, 0.1) is 17.5 Å². The molecule has 16 heteroatoms. The smallest absolute Gasteiger partial charge is 0.422 e. The van der Waals surface area contributed by atoms with Crippen LogP contribution in [-0.2, 0) is 11.3 Å². The van der Waals surface area contributed by atoms with Gasteiger partial charge in [0.2, 0.25) is 11.8 Å². The summed E-state index contributed by atoms with van der Waals surface area (Å²) in [7, 11) is 0. The predicted molar refractivity (Wildman–Crippen MR) is 195 cm³/mol. The number of halogens is 4. The van der Waals surface area contributed by atoms with Crippen LogP contribution in [0.5, 0.6) is 5.88 Å². The van der Waals surface area contributed by atoms with Crippen molar-refractivity contribution in [1.29, 1.82) is 0 Å². The lowest BCUT2D eigenvalue weighted by Crippen LogP contribution is -2.53. The number of thiophene rings is 1. The standard InChI is InChI=1S/C39H38F4N6O5S/c40-30-18-31(25-6-9-32(44-19-25)54-22-39(41,42)43)55-33(30)37(52)47-14-10-27(29(20-47)24-4-2-1-3-5-24)35(50)46-16-12-38(53,13-17-46)21-48-23-45-34-28(36(48)51)11-15-49(34)26-7-8-26/h1-6,9,11,15,18-19,23,26-27,29,53H,7-8,10,12-14,16-17,20-22H2/t27-,29+/m1/s1. The van der Waals surface area contributed by atoms with Gasteiger partial charge in [-0.15, -0.1) is 11.3 Å². The number of nitrogens with zero attached hydrogens (tertiary/aromatic N) is 6. The lowest BCUT2D eigenvalue weighted by atomic mass is 9.79. The number of piperidine rings is 2. The summed E-state index contributed by atoms with van der Waals surface area (Å²) >= 11 is 0.919. The number of hydrogen-bond donors (Lipinski definition) is 1. The zero-order valence-electron chi connectivity index (χ0n) is 29.6. The van der Waals surface area contributed by atoms with E-state index in [1.165, 1.54) is 35.3 Å². The van der Waals surface area contributed by atoms with Crippen molar-refractivity contribution in [2.75, 3.05) is 32.8 Å². The molecule has 8 rings (SSSR count). The molecular weight excluding hydrogens is 741 g/mol. The maximum absolute atomic E-state index is 15.3. The highest BCUT2D eigenvalue weighted by atomic mass is 32.1. The van der Waals surface area contributed by atoms with Crippen molar-refractivity contribution in [3.8, 4) is 16.3 Å². The van der Waals surface area contributed by atoms with E-state index in [0.29, 0.717) is 47.0 Å². The van der Waals surface area contributed by atoms with Gasteiger partial charge in [0.15, 0.2) is 6.61 Å². The van der Waals surface area contributed by atoms with Gasteiger partial charge >= 0.3 is 6.18 Å². The second-order valence-corrected chi connectivity index (χ2v) is 15.7.